The van der Waals surface area contributed by atoms with E-state index >= 15 is 0 Å². The number of nitrogens with zero attached hydrogens (tertiary/aromatic N) is 3. The number of nitrogens with one attached hydrogen (secondary N) is 1. The number of para-hydroxylation sites is 1. The van der Waals surface area contributed by atoms with Gasteiger partial charge in [0.05, 0.1) is 21.6 Å². The second-order valence-corrected chi connectivity index (χ2v) is 4.77. The van der Waals surface area contributed by atoms with Gasteiger partial charge in [0.2, 0.25) is 0 Å². The van der Waals surface area contributed by atoms with Gasteiger partial charge in [0.15, 0.2) is 0 Å². The smallest absolute Gasteiger partial charge is 0.267 e. The molecule has 0 spiro atoms. The third-order valence-corrected chi connectivity index (χ3v) is 3.17. The Morgan fingerprint density at radius 1 is 1.08 bits per heavy atom. The van der Waals surface area contributed by atoms with Crippen LogP contribution in [-0.4, -0.2) is 22.0 Å². The Kier molecular flexibility index (Phi) is 4.95. The molecule has 24 heavy (non-hydrogen) atoms. The monoisotopic (exact) mass is 328 g/mol. The molecule has 9 nitrogen and oxygen atoms in total. The van der Waals surface area contributed by atoms with Crippen LogP contribution < -0.4 is 5.43 Å². The molecule has 0 aliphatic rings. The quantitative estimate of drug-likeness (QED) is 0.512. The SMILES string of the molecule is Cc1ccc(C(=O)NN=Cc2ccccc2[N+](=O)[O-])cc1[N+](=O)[O-]. The summed E-state index contributed by atoms with van der Waals surface area (Å²) >= 11 is 0. The molecule has 0 radical (unpaired) electrons. The van der Waals surface area contributed by atoms with Crippen LogP contribution in [0.2, 0.25) is 0 Å². The van der Waals surface area contributed by atoms with Crippen molar-refractivity contribution in [1.29, 1.82) is 0 Å². The molecule has 0 aliphatic carbocycles. The van der Waals surface area contributed by atoms with Gasteiger partial charge in [-0.2, -0.15) is 5.10 Å². The lowest BCUT2D eigenvalue weighted by Crippen LogP contribution is -2.18. The van der Waals surface area contributed by atoms with Crippen molar-refractivity contribution in [2.45, 2.75) is 6.92 Å². The highest BCUT2D eigenvalue weighted by molar-refractivity contribution is 5.96. The Balaban J connectivity index is 2.15. The van der Waals surface area contributed by atoms with Gasteiger partial charge in [0, 0.05) is 23.3 Å². The van der Waals surface area contributed by atoms with Crippen molar-refractivity contribution in [2.75, 3.05) is 0 Å². The Morgan fingerprint density at radius 2 is 1.75 bits per heavy atom. The van der Waals surface area contributed by atoms with Gasteiger partial charge >= 0.3 is 0 Å². The molecule has 0 saturated heterocycles. The molecule has 0 aromatic heterocycles. The van der Waals surface area contributed by atoms with Gasteiger partial charge in [-0.05, 0) is 19.1 Å². The highest BCUT2D eigenvalue weighted by atomic mass is 16.6. The minimum absolute atomic E-state index is 0.0620. The molecule has 9 heteroatoms. The molecule has 0 aliphatic heterocycles. The molecule has 1 amide bonds. The van der Waals surface area contributed by atoms with E-state index in [1.807, 2.05) is 0 Å². The van der Waals surface area contributed by atoms with Crippen molar-refractivity contribution < 1.29 is 14.6 Å². The average molecular weight is 328 g/mol. The van der Waals surface area contributed by atoms with Crippen LogP contribution in [0.3, 0.4) is 0 Å². The van der Waals surface area contributed by atoms with Crippen LogP contribution in [0, 0.1) is 27.2 Å². The van der Waals surface area contributed by atoms with Crippen molar-refractivity contribution in [3.63, 3.8) is 0 Å². The second-order valence-electron chi connectivity index (χ2n) is 4.77. The highest BCUT2D eigenvalue weighted by Crippen LogP contribution is 2.19. The summed E-state index contributed by atoms with van der Waals surface area (Å²) in [6, 6.07) is 9.93. The number of rotatable bonds is 5. The van der Waals surface area contributed by atoms with Crippen LogP contribution in [-0.2, 0) is 0 Å². The molecule has 2 rings (SSSR count). The van der Waals surface area contributed by atoms with E-state index < -0.39 is 15.8 Å². The lowest BCUT2D eigenvalue weighted by Gasteiger charge is -2.02. The molecule has 0 unspecified atom stereocenters. The predicted octanol–water partition coefficient (Wildman–Crippen LogP) is 2.58. The van der Waals surface area contributed by atoms with Crippen molar-refractivity contribution >= 4 is 23.5 Å². The van der Waals surface area contributed by atoms with Crippen LogP contribution in [0.25, 0.3) is 0 Å². The van der Waals surface area contributed by atoms with Gasteiger partial charge in [-0.3, -0.25) is 25.0 Å². The zero-order valence-electron chi connectivity index (χ0n) is 12.5. The molecule has 0 bridgehead atoms. The van der Waals surface area contributed by atoms with E-state index in [9.17, 15) is 25.0 Å². The van der Waals surface area contributed by atoms with Crippen LogP contribution in [0.5, 0.6) is 0 Å². The van der Waals surface area contributed by atoms with Crippen molar-refractivity contribution in [2.24, 2.45) is 5.10 Å². The summed E-state index contributed by atoms with van der Waals surface area (Å²) in [5.74, 6) is -0.659. The van der Waals surface area contributed by atoms with Crippen molar-refractivity contribution in [3.05, 3.63) is 79.4 Å². The van der Waals surface area contributed by atoms with E-state index in [0.717, 1.165) is 12.3 Å². The fourth-order valence-corrected chi connectivity index (χ4v) is 1.94. The molecule has 1 N–H and O–H groups in total. The number of aryl methyl sites for hydroxylation is 1. The molecule has 0 atom stereocenters. The van der Waals surface area contributed by atoms with E-state index in [4.69, 9.17) is 0 Å². The second kappa shape index (κ2) is 7.09. The summed E-state index contributed by atoms with van der Waals surface area (Å²) in [6.45, 7) is 1.56. The van der Waals surface area contributed by atoms with Gasteiger partial charge in [0.1, 0.15) is 0 Å². The number of nitro groups is 2. The van der Waals surface area contributed by atoms with Crippen LogP contribution in [0.1, 0.15) is 21.5 Å². The Morgan fingerprint density at radius 3 is 2.42 bits per heavy atom. The number of hydrogen-bond donors (Lipinski definition) is 1. The van der Waals surface area contributed by atoms with E-state index in [1.165, 1.54) is 30.3 Å². The number of carbonyl (C=O) groups is 1. The van der Waals surface area contributed by atoms with Gasteiger partial charge in [-0.15, -0.1) is 0 Å². The number of hydrogen-bond acceptors (Lipinski definition) is 6. The van der Waals surface area contributed by atoms with Gasteiger partial charge in [0.25, 0.3) is 17.3 Å². The van der Waals surface area contributed by atoms with E-state index in [-0.39, 0.29) is 22.5 Å². The Bertz CT molecular complexity index is 848. The Labute approximate surface area is 135 Å². The van der Waals surface area contributed by atoms with Crippen LogP contribution in [0.4, 0.5) is 11.4 Å². The fraction of sp³-hybridized carbons (Fsp3) is 0.0667. The van der Waals surface area contributed by atoms with Crippen LogP contribution in [0.15, 0.2) is 47.6 Å². The third kappa shape index (κ3) is 3.77. The van der Waals surface area contributed by atoms with Gasteiger partial charge < -0.3 is 0 Å². The number of benzene rings is 2. The normalized spacial score (nSPS) is 10.5. The molecular weight excluding hydrogens is 316 g/mol. The third-order valence-electron chi connectivity index (χ3n) is 3.17. The average Bonchev–Trinajstić information content (AvgIpc) is 2.55. The first-order valence-electron chi connectivity index (χ1n) is 6.72. The fourth-order valence-electron chi connectivity index (χ4n) is 1.94. The maximum absolute atomic E-state index is 12.0. The van der Waals surface area contributed by atoms with Crippen molar-refractivity contribution in [1.82, 2.24) is 5.43 Å². The van der Waals surface area contributed by atoms with E-state index in [1.54, 1.807) is 13.0 Å². The summed E-state index contributed by atoms with van der Waals surface area (Å²) in [6.07, 6.45) is 1.14. The molecule has 2 aromatic rings. The zero-order valence-corrected chi connectivity index (χ0v) is 12.5. The van der Waals surface area contributed by atoms with Gasteiger partial charge in [-0.25, -0.2) is 5.43 Å². The number of carbonyl (C=O) groups excluding carboxylic acids is 1. The number of nitro benzene ring substituents is 2. The number of amides is 1. The predicted molar refractivity (Wildman–Crippen MR) is 86.0 cm³/mol. The maximum Gasteiger partial charge on any atom is 0.278 e. The van der Waals surface area contributed by atoms with E-state index in [0.29, 0.717) is 5.56 Å². The zero-order chi connectivity index (χ0) is 17.7. The topological polar surface area (TPSA) is 128 Å². The summed E-state index contributed by atoms with van der Waals surface area (Å²) in [4.78, 5) is 32.6. The summed E-state index contributed by atoms with van der Waals surface area (Å²) in [5.41, 5.74) is 2.57. The summed E-state index contributed by atoms with van der Waals surface area (Å²) in [7, 11) is 0. The largest absolute Gasteiger partial charge is 0.278 e. The van der Waals surface area contributed by atoms with E-state index in [2.05, 4.69) is 10.5 Å². The van der Waals surface area contributed by atoms with Crippen molar-refractivity contribution in [3.8, 4) is 0 Å². The molecule has 122 valence electrons. The molecular formula is C15H12N4O5. The van der Waals surface area contributed by atoms with Gasteiger partial charge in [-0.1, -0.05) is 18.2 Å². The minimum atomic E-state index is -0.659. The first-order chi connectivity index (χ1) is 11.4. The minimum Gasteiger partial charge on any atom is -0.267 e. The van der Waals surface area contributed by atoms with Crippen LogP contribution >= 0.6 is 0 Å². The highest BCUT2D eigenvalue weighted by Gasteiger charge is 2.15. The maximum atomic E-state index is 12.0. The molecule has 0 heterocycles. The lowest BCUT2D eigenvalue weighted by molar-refractivity contribution is -0.385. The molecule has 0 saturated carbocycles. The molecule has 0 fully saturated rings. The first-order valence-corrected chi connectivity index (χ1v) is 6.72. The lowest BCUT2D eigenvalue weighted by atomic mass is 10.1. The summed E-state index contributed by atoms with van der Waals surface area (Å²) in [5, 5.41) is 25.4. The standard InChI is InChI=1S/C15H12N4O5/c1-10-6-7-11(8-14(10)19(23)24)15(20)17-16-9-12-4-2-3-5-13(12)18(21)22/h2-9H,1H3,(H,17,20). The molecule has 2 aromatic carbocycles. The Hall–Kier alpha value is -3.62. The summed E-state index contributed by atoms with van der Waals surface area (Å²) < 4.78 is 0. The number of hydrazone groups is 1. The first kappa shape index (κ1) is 16.7.